The first-order chi connectivity index (χ1) is 10.1. The fraction of sp³-hybridized carbons (Fsp3) is 0.375. The number of rotatable bonds is 8. The first kappa shape index (κ1) is 16.9. The Kier molecular flexibility index (Phi) is 7.82. The smallest absolute Gasteiger partial charge is 0.347 e. The highest BCUT2D eigenvalue weighted by atomic mass is 16.6. The summed E-state index contributed by atoms with van der Waals surface area (Å²) in [5, 5.41) is 0. The van der Waals surface area contributed by atoms with Crippen molar-refractivity contribution in [3.63, 3.8) is 0 Å². The zero-order chi connectivity index (χ0) is 15.5. The molecule has 0 bridgehead atoms. The van der Waals surface area contributed by atoms with Crippen molar-refractivity contribution < 1.29 is 23.8 Å². The Labute approximate surface area is 124 Å². The third-order valence-electron chi connectivity index (χ3n) is 2.51. The Bertz CT molecular complexity index is 467. The summed E-state index contributed by atoms with van der Waals surface area (Å²) in [4.78, 5) is 22.7. The van der Waals surface area contributed by atoms with Gasteiger partial charge in [-0.1, -0.05) is 36.4 Å². The maximum Gasteiger partial charge on any atom is 0.347 e. The average molecular weight is 292 g/mol. The van der Waals surface area contributed by atoms with Crippen molar-refractivity contribution in [1.82, 2.24) is 0 Å². The molecule has 0 aliphatic carbocycles. The van der Waals surface area contributed by atoms with Crippen LogP contribution in [0.25, 0.3) is 0 Å². The molecule has 1 atom stereocenters. The van der Waals surface area contributed by atoms with Gasteiger partial charge < -0.3 is 14.2 Å². The van der Waals surface area contributed by atoms with Crippen molar-refractivity contribution in [2.45, 2.75) is 26.6 Å². The van der Waals surface area contributed by atoms with E-state index in [0.29, 0.717) is 6.61 Å². The Morgan fingerprint density at radius 3 is 2.57 bits per heavy atom. The molecule has 0 aromatic heterocycles. The van der Waals surface area contributed by atoms with Crippen molar-refractivity contribution in [3.05, 3.63) is 48.0 Å². The minimum atomic E-state index is -0.928. The maximum absolute atomic E-state index is 11.5. The van der Waals surface area contributed by atoms with Gasteiger partial charge in [0.15, 0.2) is 6.10 Å². The van der Waals surface area contributed by atoms with E-state index < -0.39 is 18.0 Å². The van der Waals surface area contributed by atoms with Crippen LogP contribution in [0.3, 0.4) is 0 Å². The number of hydrogen-bond donors (Lipinski definition) is 0. The normalized spacial score (nSPS) is 12.1. The fourth-order valence-electron chi connectivity index (χ4n) is 1.48. The van der Waals surface area contributed by atoms with Gasteiger partial charge in [-0.25, -0.2) is 9.59 Å². The van der Waals surface area contributed by atoms with Crippen LogP contribution >= 0.6 is 0 Å². The molecule has 21 heavy (non-hydrogen) atoms. The lowest BCUT2D eigenvalue weighted by molar-refractivity contribution is -0.164. The highest BCUT2D eigenvalue weighted by molar-refractivity contribution is 5.85. The average Bonchev–Trinajstić information content (AvgIpc) is 2.48. The van der Waals surface area contributed by atoms with Crippen molar-refractivity contribution in [1.29, 1.82) is 0 Å². The first-order valence-corrected chi connectivity index (χ1v) is 6.75. The summed E-state index contributed by atoms with van der Waals surface area (Å²) in [6, 6.07) is 9.70. The van der Waals surface area contributed by atoms with Gasteiger partial charge in [0.05, 0.1) is 13.2 Å². The van der Waals surface area contributed by atoms with E-state index in [1.807, 2.05) is 30.3 Å². The molecule has 0 fully saturated rings. The Morgan fingerprint density at radius 1 is 1.19 bits per heavy atom. The Morgan fingerprint density at radius 2 is 1.90 bits per heavy atom. The van der Waals surface area contributed by atoms with E-state index in [1.54, 1.807) is 6.92 Å². The van der Waals surface area contributed by atoms with Crippen LogP contribution in [0.15, 0.2) is 42.5 Å². The van der Waals surface area contributed by atoms with Gasteiger partial charge in [0.1, 0.15) is 6.61 Å². The van der Waals surface area contributed by atoms with E-state index in [0.717, 1.165) is 5.56 Å². The molecule has 1 aromatic carbocycles. The predicted molar refractivity (Wildman–Crippen MR) is 77.4 cm³/mol. The third kappa shape index (κ3) is 7.27. The highest BCUT2D eigenvalue weighted by Crippen LogP contribution is 2.01. The summed E-state index contributed by atoms with van der Waals surface area (Å²) in [5.41, 5.74) is 1.05. The quantitative estimate of drug-likeness (QED) is 0.418. The lowest BCUT2D eigenvalue weighted by atomic mass is 10.2. The molecule has 0 saturated carbocycles. The summed E-state index contributed by atoms with van der Waals surface area (Å²) >= 11 is 0. The van der Waals surface area contributed by atoms with Gasteiger partial charge in [-0.05, 0) is 19.4 Å². The third-order valence-corrected chi connectivity index (χ3v) is 2.51. The van der Waals surface area contributed by atoms with Crippen LogP contribution in [0, 0.1) is 0 Å². The topological polar surface area (TPSA) is 61.8 Å². The van der Waals surface area contributed by atoms with Crippen molar-refractivity contribution in [2.24, 2.45) is 0 Å². The standard InChI is InChI=1S/C16H20O5/c1-3-7-15(17)21-13(2)16(18)20-11-10-19-12-14-8-5-4-6-9-14/h3-9,13H,10-12H2,1-2H3/b7-3-. The van der Waals surface area contributed by atoms with Crippen LogP contribution in [-0.4, -0.2) is 31.3 Å². The zero-order valence-electron chi connectivity index (χ0n) is 12.3. The van der Waals surface area contributed by atoms with Crippen LogP contribution in [0.1, 0.15) is 19.4 Å². The molecule has 114 valence electrons. The summed E-state index contributed by atoms with van der Waals surface area (Å²) < 4.78 is 15.2. The molecule has 5 nitrogen and oxygen atoms in total. The molecule has 0 amide bonds. The van der Waals surface area contributed by atoms with E-state index in [1.165, 1.54) is 19.1 Å². The van der Waals surface area contributed by atoms with Crippen molar-refractivity contribution in [3.8, 4) is 0 Å². The molecule has 1 unspecified atom stereocenters. The lowest BCUT2D eigenvalue weighted by Crippen LogP contribution is -2.26. The second-order valence-electron chi connectivity index (χ2n) is 4.28. The second kappa shape index (κ2) is 9.72. The second-order valence-corrected chi connectivity index (χ2v) is 4.28. The molecule has 0 spiro atoms. The monoisotopic (exact) mass is 292 g/mol. The molecule has 0 radical (unpaired) electrons. The number of esters is 2. The molecule has 0 heterocycles. The highest BCUT2D eigenvalue weighted by Gasteiger charge is 2.17. The van der Waals surface area contributed by atoms with Crippen molar-refractivity contribution in [2.75, 3.05) is 13.2 Å². The Balaban J connectivity index is 2.14. The van der Waals surface area contributed by atoms with E-state index in [-0.39, 0.29) is 13.2 Å². The van der Waals surface area contributed by atoms with Crippen LogP contribution in [-0.2, 0) is 30.4 Å². The van der Waals surface area contributed by atoms with Gasteiger partial charge in [-0.3, -0.25) is 0 Å². The number of hydrogen-bond acceptors (Lipinski definition) is 5. The first-order valence-electron chi connectivity index (χ1n) is 6.75. The van der Waals surface area contributed by atoms with Crippen LogP contribution < -0.4 is 0 Å². The molecular formula is C16H20O5. The molecule has 1 rings (SSSR count). The van der Waals surface area contributed by atoms with Crippen molar-refractivity contribution >= 4 is 11.9 Å². The molecule has 1 aromatic rings. The summed E-state index contributed by atoms with van der Waals surface area (Å²) in [6.45, 7) is 4.03. The van der Waals surface area contributed by atoms with Gasteiger partial charge in [0.25, 0.3) is 0 Å². The molecule has 0 aliphatic heterocycles. The predicted octanol–water partition coefficient (Wildman–Crippen LogP) is 2.25. The van der Waals surface area contributed by atoms with E-state index in [4.69, 9.17) is 14.2 Å². The van der Waals surface area contributed by atoms with E-state index in [2.05, 4.69) is 0 Å². The van der Waals surface area contributed by atoms with Crippen LogP contribution in [0.4, 0.5) is 0 Å². The number of benzene rings is 1. The number of allylic oxidation sites excluding steroid dienone is 1. The van der Waals surface area contributed by atoms with E-state index >= 15 is 0 Å². The van der Waals surface area contributed by atoms with Gasteiger partial charge >= 0.3 is 11.9 Å². The number of carbonyl (C=O) groups is 2. The van der Waals surface area contributed by atoms with Crippen LogP contribution in [0.2, 0.25) is 0 Å². The maximum atomic E-state index is 11.5. The van der Waals surface area contributed by atoms with Gasteiger partial charge in [0.2, 0.25) is 0 Å². The zero-order valence-corrected chi connectivity index (χ0v) is 12.3. The molecular weight excluding hydrogens is 272 g/mol. The van der Waals surface area contributed by atoms with Gasteiger partial charge in [0, 0.05) is 6.08 Å². The molecule has 0 aliphatic rings. The minimum absolute atomic E-state index is 0.122. The summed E-state index contributed by atoms with van der Waals surface area (Å²) in [6.07, 6.45) is 1.85. The van der Waals surface area contributed by atoms with E-state index in [9.17, 15) is 9.59 Å². The molecule has 0 saturated heterocycles. The minimum Gasteiger partial charge on any atom is -0.461 e. The van der Waals surface area contributed by atoms with Gasteiger partial charge in [-0.15, -0.1) is 0 Å². The Hall–Kier alpha value is -2.14. The number of ether oxygens (including phenoxy) is 3. The van der Waals surface area contributed by atoms with Gasteiger partial charge in [-0.2, -0.15) is 0 Å². The largest absolute Gasteiger partial charge is 0.461 e. The molecule has 5 heteroatoms. The fourth-order valence-corrected chi connectivity index (χ4v) is 1.48. The van der Waals surface area contributed by atoms with Crippen LogP contribution in [0.5, 0.6) is 0 Å². The SMILES string of the molecule is C/C=C\C(=O)OC(C)C(=O)OCCOCc1ccccc1. The number of carbonyl (C=O) groups excluding carboxylic acids is 2. The lowest BCUT2D eigenvalue weighted by Gasteiger charge is -2.11. The summed E-state index contributed by atoms with van der Waals surface area (Å²) in [5.74, 6) is -1.15. The summed E-state index contributed by atoms with van der Waals surface area (Å²) in [7, 11) is 0. The molecule has 0 N–H and O–H groups in total.